The van der Waals surface area contributed by atoms with Gasteiger partial charge in [-0.2, -0.15) is 0 Å². The lowest BCUT2D eigenvalue weighted by molar-refractivity contribution is 0.176. The van der Waals surface area contributed by atoms with Gasteiger partial charge < -0.3 is 0 Å². The number of likely N-dealkylation sites (tertiary alicyclic amines) is 1. The second-order valence-corrected chi connectivity index (χ2v) is 7.77. The summed E-state index contributed by atoms with van der Waals surface area (Å²) in [5.41, 5.74) is 3.50. The summed E-state index contributed by atoms with van der Waals surface area (Å²) >= 11 is 0. The summed E-state index contributed by atoms with van der Waals surface area (Å²) in [4.78, 5) is 2.69. The lowest BCUT2D eigenvalue weighted by Gasteiger charge is -2.44. The van der Waals surface area contributed by atoms with Crippen molar-refractivity contribution < 1.29 is 0 Å². The van der Waals surface area contributed by atoms with Gasteiger partial charge in [-0.3, -0.25) is 4.90 Å². The van der Waals surface area contributed by atoms with Crippen LogP contribution in [0.15, 0.2) is 60.7 Å². The Morgan fingerprint density at radius 2 is 1.54 bits per heavy atom. The molecule has 0 amide bonds. The Balaban J connectivity index is 1.56. The van der Waals surface area contributed by atoms with Crippen LogP contribution in [0, 0.1) is 5.92 Å². The van der Waals surface area contributed by atoms with Crippen molar-refractivity contribution in [1.29, 1.82) is 0 Å². The van der Waals surface area contributed by atoms with E-state index < -0.39 is 0 Å². The van der Waals surface area contributed by atoms with Gasteiger partial charge in [0.25, 0.3) is 0 Å². The smallest absolute Gasteiger partial charge is 0.0233 e. The first-order valence-corrected chi connectivity index (χ1v) is 9.69. The lowest BCUT2D eigenvalue weighted by atomic mass is 9.60. The van der Waals surface area contributed by atoms with Gasteiger partial charge in [0.05, 0.1) is 0 Å². The van der Waals surface area contributed by atoms with E-state index in [1.807, 2.05) is 0 Å². The largest absolute Gasteiger partial charge is 0.299 e. The summed E-state index contributed by atoms with van der Waals surface area (Å²) in [5, 5.41) is 0. The Morgan fingerprint density at radius 3 is 2.33 bits per heavy atom. The van der Waals surface area contributed by atoms with Crippen molar-refractivity contribution in [3.8, 4) is 0 Å². The van der Waals surface area contributed by atoms with Gasteiger partial charge in [0, 0.05) is 6.54 Å². The van der Waals surface area contributed by atoms with Crippen LogP contribution < -0.4 is 0 Å². The first kappa shape index (κ1) is 15.9. The van der Waals surface area contributed by atoms with Crippen molar-refractivity contribution >= 4 is 0 Å². The second-order valence-electron chi connectivity index (χ2n) is 7.77. The van der Waals surface area contributed by atoms with Crippen molar-refractivity contribution in [2.45, 2.75) is 50.5 Å². The van der Waals surface area contributed by atoms with E-state index in [-0.39, 0.29) is 0 Å². The molecule has 24 heavy (non-hydrogen) atoms. The number of fused-ring (bicyclic) bond motifs is 1. The van der Waals surface area contributed by atoms with Crippen molar-refractivity contribution in [1.82, 2.24) is 4.90 Å². The van der Waals surface area contributed by atoms with Crippen LogP contribution in [-0.4, -0.2) is 18.0 Å². The summed E-state index contributed by atoms with van der Waals surface area (Å²) in [5.74, 6) is 0.870. The maximum absolute atomic E-state index is 2.69. The van der Waals surface area contributed by atoms with Gasteiger partial charge in [-0.1, -0.05) is 73.5 Å². The zero-order valence-electron chi connectivity index (χ0n) is 14.7. The average Bonchev–Trinajstić information content (AvgIpc) is 2.84. The van der Waals surface area contributed by atoms with Crippen LogP contribution >= 0.6 is 0 Å². The fourth-order valence-corrected chi connectivity index (χ4v) is 5.16. The molecule has 126 valence electrons. The molecule has 1 saturated heterocycles. The molecule has 2 aliphatic rings. The van der Waals surface area contributed by atoms with Gasteiger partial charge in [-0.25, -0.2) is 0 Å². The molecule has 1 aliphatic carbocycles. The molecule has 1 nitrogen and oxygen atoms in total. The molecule has 2 aromatic carbocycles. The van der Waals surface area contributed by atoms with Crippen LogP contribution in [0.1, 0.15) is 49.7 Å². The number of rotatable bonds is 3. The summed E-state index contributed by atoms with van der Waals surface area (Å²) in [7, 11) is 0. The number of nitrogens with zero attached hydrogens (tertiary/aromatic N) is 1. The molecule has 4 rings (SSSR count). The molecule has 0 bridgehead atoms. The predicted molar refractivity (Wildman–Crippen MR) is 101 cm³/mol. The molecule has 1 heterocycles. The molecular formula is C23H29N. The average molecular weight is 319 g/mol. The quantitative estimate of drug-likeness (QED) is 0.731. The van der Waals surface area contributed by atoms with E-state index in [2.05, 4.69) is 65.6 Å². The third kappa shape index (κ3) is 3.15. The molecule has 0 radical (unpaired) electrons. The van der Waals surface area contributed by atoms with Gasteiger partial charge in [0.2, 0.25) is 0 Å². The Morgan fingerprint density at radius 1 is 0.792 bits per heavy atom. The van der Waals surface area contributed by atoms with Gasteiger partial charge in [0.15, 0.2) is 0 Å². The second kappa shape index (κ2) is 7.11. The molecule has 2 atom stereocenters. The monoisotopic (exact) mass is 319 g/mol. The zero-order valence-corrected chi connectivity index (χ0v) is 14.7. The van der Waals surface area contributed by atoms with Crippen LogP contribution in [0.2, 0.25) is 0 Å². The first-order chi connectivity index (χ1) is 11.9. The van der Waals surface area contributed by atoms with Gasteiger partial charge in [0.1, 0.15) is 0 Å². The van der Waals surface area contributed by atoms with E-state index in [1.54, 1.807) is 5.56 Å². The fraction of sp³-hybridized carbons (Fsp3) is 0.478. The highest BCUT2D eigenvalue weighted by molar-refractivity contribution is 5.28. The minimum Gasteiger partial charge on any atom is -0.299 e. The van der Waals surface area contributed by atoms with Crippen molar-refractivity contribution in [2.24, 2.45) is 5.92 Å². The molecule has 0 spiro atoms. The normalized spacial score (nSPS) is 28.1. The highest BCUT2D eigenvalue weighted by Crippen LogP contribution is 2.49. The summed E-state index contributed by atoms with van der Waals surface area (Å²) < 4.78 is 0. The van der Waals surface area contributed by atoms with Crippen LogP contribution in [0.5, 0.6) is 0 Å². The van der Waals surface area contributed by atoms with Crippen LogP contribution in [0.3, 0.4) is 0 Å². The fourth-order valence-electron chi connectivity index (χ4n) is 5.16. The van der Waals surface area contributed by atoms with E-state index in [4.69, 9.17) is 0 Å². The van der Waals surface area contributed by atoms with Crippen LogP contribution in [-0.2, 0) is 12.0 Å². The van der Waals surface area contributed by atoms with Gasteiger partial charge in [-0.15, -0.1) is 0 Å². The topological polar surface area (TPSA) is 3.24 Å². The molecule has 0 unspecified atom stereocenters. The van der Waals surface area contributed by atoms with Crippen molar-refractivity contribution in [2.75, 3.05) is 13.1 Å². The summed E-state index contributed by atoms with van der Waals surface area (Å²) in [6, 6.07) is 22.4. The van der Waals surface area contributed by atoms with E-state index in [0.717, 1.165) is 12.5 Å². The maximum Gasteiger partial charge on any atom is 0.0233 e. The number of hydrogen-bond acceptors (Lipinski definition) is 1. The number of benzene rings is 2. The Bertz CT molecular complexity index is 636. The van der Waals surface area contributed by atoms with Gasteiger partial charge in [-0.05, 0) is 61.2 Å². The Labute approximate surface area is 146 Å². The van der Waals surface area contributed by atoms with Gasteiger partial charge >= 0.3 is 0 Å². The molecule has 2 aromatic rings. The van der Waals surface area contributed by atoms with Crippen LogP contribution in [0.25, 0.3) is 0 Å². The Hall–Kier alpha value is -1.60. The molecule has 1 heteroatoms. The standard InChI is InChI=1S/C23H29N/c1-3-9-20(10-4-1)19-24-17-14-22-13-7-8-15-23(22,16-18-24)21-11-5-2-6-12-21/h1-6,9-12,22H,7-8,13-19H2/t22-,23-/m0/s1. The Kier molecular flexibility index (Phi) is 4.71. The van der Waals surface area contributed by atoms with E-state index >= 15 is 0 Å². The van der Waals surface area contributed by atoms with Crippen molar-refractivity contribution in [3.63, 3.8) is 0 Å². The SMILES string of the molecule is c1ccc(CN2CC[C@@H]3CCCC[C@@]3(c3ccccc3)CC2)cc1. The van der Waals surface area contributed by atoms with E-state index in [9.17, 15) is 0 Å². The number of hydrogen-bond donors (Lipinski definition) is 0. The predicted octanol–water partition coefficient (Wildman–Crippen LogP) is 5.41. The maximum atomic E-state index is 2.69. The molecule has 1 saturated carbocycles. The first-order valence-electron chi connectivity index (χ1n) is 9.69. The van der Waals surface area contributed by atoms with Crippen LogP contribution in [0.4, 0.5) is 0 Å². The third-order valence-corrected chi connectivity index (χ3v) is 6.47. The minimum atomic E-state index is 0.435. The summed E-state index contributed by atoms with van der Waals surface area (Å²) in [6.45, 7) is 3.60. The van der Waals surface area contributed by atoms with E-state index in [0.29, 0.717) is 5.41 Å². The minimum absolute atomic E-state index is 0.435. The molecule has 2 fully saturated rings. The molecule has 0 aromatic heterocycles. The highest BCUT2D eigenvalue weighted by Gasteiger charge is 2.43. The highest BCUT2D eigenvalue weighted by atomic mass is 15.1. The molecular weight excluding hydrogens is 290 g/mol. The van der Waals surface area contributed by atoms with Crippen molar-refractivity contribution in [3.05, 3.63) is 71.8 Å². The summed E-state index contributed by atoms with van der Waals surface area (Å²) in [6.07, 6.45) is 8.34. The molecule has 1 aliphatic heterocycles. The van der Waals surface area contributed by atoms with E-state index in [1.165, 1.54) is 57.2 Å². The third-order valence-electron chi connectivity index (χ3n) is 6.47. The molecule has 0 N–H and O–H groups in total. The zero-order chi connectivity index (χ0) is 16.2. The lowest BCUT2D eigenvalue weighted by Crippen LogP contribution is -2.38.